The van der Waals surface area contributed by atoms with Gasteiger partial charge >= 0.3 is 0 Å². The van der Waals surface area contributed by atoms with Crippen LogP contribution in [0, 0.1) is 17.1 Å². The van der Waals surface area contributed by atoms with E-state index in [0.29, 0.717) is 5.92 Å². The summed E-state index contributed by atoms with van der Waals surface area (Å²) in [7, 11) is 0. The lowest BCUT2D eigenvalue weighted by Gasteiger charge is -2.24. The Morgan fingerprint density at radius 2 is 1.44 bits per heavy atom. The number of nitriles is 1. The van der Waals surface area contributed by atoms with Gasteiger partial charge in [0, 0.05) is 0 Å². The highest BCUT2D eigenvalue weighted by Crippen LogP contribution is 2.36. The highest BCUT2D eigenvalue weighted by molar-refractivity contribution is 5.51. The minimum atomic E-state index is -0.380. The van der Waals surface area contributed by atoms with Crippen LogP contribution in [0.1, 0.15) is 81.5 Å². The van der Waals surface area contributed by atoms with Gasteiger partial charge in [-0.2, -0.15) is 5.26 Å². The van der Waals surface area contributed by atoms with Crippen LogP contribution in [-0.4, -0.2) is 0 Å². The van der Waals surface area contributed by atoms with Crippen molar-refractivity contribution in [2.45, 2.75) is 59.3 Å². The zero-order valence-electron chi connectivity index (χ0n) is 12.1. The Balaban J connectivity index is 3.76. The molecule has 0 unspecified atom stereocenters. The Morgan fingerprint density at radius 3 is 1.78 bits per heavy atom. The Hall–Kier alpha value is -1.36. The minimum absolute atomic E-state index is 0.158. The van der Waals surface area contributed by atoms with E-state index in [2.05, 4.69) is 27.7 Å². The third-order valence-electron chi connectivity index (χ3n) is 3.28. The predicted molar refractivity (Wildman–Crippen MR) is 73.4 cm³/mol. The van der Waals surface area contributed by atoms with Gasteiger partial charge in [-0.05, 0) is 40.5 Å². The molecule has 0 saturated heterocycles. The van der Waals surface area contributed by atoms with Gasteiger partial charge in [0.05, 0.1) is 5.56 Å². The lowest BCUT2D eigenvalue weighted by molar-refractivity contribution is 0.607. The molecule has 0 aliphatic carbocycles. The fourth-order valence-electron chi connectivity index (χ4n) is 2.54. The summed E-state index contributed by atoms with van der Waals surface area (Å²) in [5.41, 5.74) is 3.29. The summed E-state index contributed by atoms with van der Waals surface area (Å²) in [5, 5.41) is 9.19. The van der Waals surface area contributed by atoms with Gasteiger partial charge in [0.25, 0.3) is 0 Å². The lowest BCUT2D eigenvalue weighted by atomic mass is 9.80. The molecule has 0 aromatic heterocycles. The first-order chi connectivity index (χ1) is 8.31. The molecule has 2 heteroatoms. The van der Waals surface area contributed by atoms with E-state index < -0.39 is 0 Å². The van der Waals surface area contributed by atoms with E-state index in [9.17, 15) is 9.65 Å². The predicted octanol–water partition coefficient (Wildman–Crippen LogP) is 5.07. The zero-order valence-corrected chi connectivity index (χ0v) is 12.1. The quantitative estimate of drug-likeness (QED) is 0.731. The molecule has 0 fully saturated rings. The highest BCUT2D eigenvalue weighted by Gasteiger charge is 2.23. The van der Waals surface area contributed by atoms with E-state index in [1.807, 2.05) is 19.9 Å². The second kappa shape index (κ2) is 5.52. The summed E-state index contributed by atoms with van der Waals surface area (Å²) in [6, 6.07) is 3.58. The van der Waals surface area contributed by atoms with Crippen LogP contribution in [0.2, 0.25) is 0 Å². The number of nitrogens with zero attached hydrogens (tertiary/aromatic N) is 1. The molecule has 1 rings (SSSR count). The van der Waals surface area contributed by atoms with E-state index in [1.54, 1.807) is 6.07 Å². The zero-order chi connectivity index (χ0) is 14.0. The van der Waals surface area contributed by atoms with Crippen molar-refractivity contribution in [1.82, 2.24) is 0 Å². The summed E-state index contributed by atoms with van der Waals surface area (Å²) in [4.78, 5) is 0. The van der Waals surface area contributed by atoms with E-state index in [0.717, 1.165) is 16.7 Å². The number of benzene rings is 1. The van der Waals surface area contributed by atoms with Crippen molar-refractivity contribution in [1.29, 1.82) is 5.26 Å². The first kappa shape index (κ1) is 14.7. The molecule has 0 atom stereocenters. The van der Waals surface area contributed by atoms with Crippen LogP contribution in [-0.2, 0) is 0 Å². The summed E-state index contributed by atoms with van der Waals surface area (Å²) in [6.45, 7) is 12.4. The SMILES string of the molecule is CC(C)c1cc(F)c(C#N)c(C(C)C)c1C(C)C. The molecule has 0 bridgehead atoms. The molecule has 0 aliphatic heterocycles. The first-order valence-corrected chi connectivity index (χ1v) is 6.57. The van der Waals surface area contributed by atoms with Crippen LogP contribution in [0.5, 0.6) is 0 Å². The standard InChI is InChI=1S/C16H22FN/c1-9(2)12-7-14(17)13(8-18)16(11(5)6)15(12)10(3)4/h7,9-11H,1-6H3. The average molecular weight is 247 g/mol. The number of hydrogen-bond donors (Lipinski definition) is 0. The van der Waals surface area contributed by atoms with E-state index in [1.165, 1.54) is 0 Å². The van der Waals surface area contributed by atoms with Gasteiger partial charge < -0.3 is 0 Å². The fourth-order valence-corrected chi connectivity index (χ4v) is 2.54. The molecule has 0 heterocycles. The third-order valence-corrected chi connectivity index (χ3v) is 3.28. The summed E-state index contributed by atoms with van der Waals surface area (Å²) < 4.78 is 14.1. The van der Waals surface area contributed by atoms with Crippen molar-refractivity contribution in [2.75, 3.05) is 0 Å². The molecule has 0 spiro atoms. The second-order valence-electron chi connectivity index (χ2n) is 5.73. The van der Waals surface area contributed by atoms with Gasteiger partial charge in [-0.1, -0.05) is 41.5 Å². The van der Waals surface area contributed by atoms with Crippen LogP contribution in [0.15, 0.2) is 6.07 Å². The van der Waals surface area contributed by atoms with E-state index in [-0.39, 0.29) is 23.2 Å². The van der Waals surface area contributed by atoms with Crippen molar-refractivity contribution in [3.63, 3.8) is 0 Å². The van der Waals surface area contributed by atoms with Crippen molar-refractivity contribution < 1.29 is 4.39 Å². The largest absolute Gasteiger partial charge is 0.206 e. The van der Waals surface area contributed by atoms with Crippen LogP contribution in [0.3, 0.4) is 0 Å². The van der Waals surface area contributed by atoms with Crippen LogP contribution >= 0.6 is 0 Å². The molecule has 1 aromatic rings. The van der Waals surface area contributed by atoms with Crippen molar-refractivity contribution in [2.24, 2.45) is 0 Å². The highest BCUT2D eigenvalue weighted by atomic mass is 19.1. The van der Waals surface area contributed by atoms with Crippen molar-refractivity contribution >= 4 is 0 Å². The van der Waals surface area contributed by atoms with Gasteiger partial charge in [-0.25, -0.2) is 4.39 Å². The topological polar surface area (TPSA) is 23.8 Å². The molecule has 0 saturated carbocycles. The Labute approximate surface area is 110 Å². The van der Waals surface area contributed by atoms with Gasteiger partial charge in [-0.15, -0.1) is 0 Å². The fraction of sp³-hybridized carbons (Fsp3) is 0.562. The molecule has 1 nitrogen and oxygen atoms in total. The molecule has 0 aliphatic rings. The minimum Gasteiger partial charge on any atom is -0.206 e. The van der Waals surface area contributed by atoms with E-state index in [4.69, 9.17) is 0 Å². The van der Waals surface area contributed by atoms with Crippen LogP contribution in [0.4, 0.5) is 4.39 Å². The van der Waals surface area contributed by atoms with Gasteiger partial charge in [0.15, 0.2) is 0 Å². The summed E-state index contributed by atoms with van der Waals surface area (Å²) >= 11 is 0. The number of hydrogen-bond acceptors (Lipinski definition) is 1. The number of rotatable bonds is 3. The van der Waals surface area contributed by atoms with Crippen LogP contribution < -0.4 is 0 Å². The molecule has 0 amide bonds. The first-order valence-electron chi connectivity index (χ1n) is 6.57. The molecule has 1 aromatic carbocycles. The second-order valence-corrected chi connectivity index (χ2v) is 5.73. The Kier molecular flexibility index (Phi) is 4.51. The molecule has 0 radical (unpaired) electrons. The Bertz CT molecular complexity index is 479. The monoisotopic (exact) mass is 247 g/mol. The van der Waals surface area contributed by atoms with E-state index >= 15 is 0 Å². The maximum atomic E-state index is 14.1. The van der Waals surface area contributed by atoms with Crippen molar-refractivity contribution in [3.05, 3.63) is 34.1 Å². The summed E-state index contributed by atoms with van der Waals surface area (Å²) in [6.07, 6.45) is 0. The normalized spacial score (nSPS) is 11.4. The average Bonchev–Trinajstić information content (AvgIpc) is 2.26. The van der Waals surface area contributed by atoms with Gasteiger partial charge in [0.2, 0.25) is 0 Å². The smallest absolute Gasteiger partial charge is 0.141 e. The lowest BCUT2D eigenvalue weighted by Crippen LogP contribution is -2.10. The maximum Gasteiger partial charge on any atom is 0.141 e. The molecule has 0 N–H and O–H groups in total. The molecule has 18 heavy (non-hydrogen) atoms. The van der Waals surface area contributed by atoms with Gasteiger partial charge in [0.1, 0.15) is 11.9 Å². The molecule has 98 valence electrons. The number of halogens is 1. The van der Waals surface area contributed by atoms with Crippen LogP contribution in [0.25, 0.3) is 0 Å². The maximum absolute atomic E-state index is 14.1. The molecular weight excluding hydrogens is 225 g/mol. The van der Waals surface area contributed by atoms with Crippen molar-refractivity contribution in [3.8, 4) is 6.07 Å². The Morgan fingerprint density at radius 1 is 0.944 bits per heavy atom. The third kappa shape index (κ3) is 2.56. The molecular formula is C16H22FN. The summed E-state index contributed by atoms with van der Waals surface area (Å²) in [5.74, 6) is 0.342. The van der Waals surface area contributed by atoms with Gasteiger partial charge in [-0.3, -0.25) is 0 Å².